The van der Waals surface area contributed by atoms with Crippen molar-refractivity contribution in [3.05, 3.63) is 34.3 Å². The first-order valence-electron chi connectivity index (χ1n) is 7.05. The Hall–Kier alpha value is -1.89. The second-order valence-corrected chi connectivity index (χ2v) is 6.01. The quantitative estimate of drug-likeness (QED) is 0.826. The van der Waals surface area contributed by atoms with Crippen LogP contribution >= 0.6 is 15.9 Å². The number of carbonyl (C=O) groups excluding carboxylic acids is 2. The highest BCUT2D eigenvalue weighted by atomic mass is 79.9. The number of amides is 2. The lowest BCUT2D eigenvalue weighted by molar-refractivity contribution is -0.148. The van der Waals surface area contributed by atoms with E-state index < -0.39 is 12.0 Å². The average Bonchev–Trinajstić information content (AvgIpc) is 2.97. The second-order valence-electron chi connectivity index (χ2n) is 5.10. The van der Waals surface area contributed by atoms with E-state index in [4.69, 9.17) is 5.11 Å². The summed E-state index contributed by atoms with van der Waals surface area (Å²) in [6, 6.07) is 6.17. The Bertz CT molecular complexity index is 573. The first-order valence-corrected chi connectivity index (χ1v) is 7.84. The van der Waals surface area contributed by atoms with Gasteiger partial charge in [0, 0.05) is 29.5 Å². The van der Waals surface area contributed by atoms with Gasteiger partial charge in [0.15, 0.2) is 0 Å². The van der Waals surface area contributed by atoms with Crippen molar-refractivity contribution in [2.45, 2.75) is 25.3 Å². The molecule has 118 valence electrons. The van der Waals surface area contributed by atoms with E-state index in [1.54, 1.807) is 24.3 Å². The molecule has 22 heavy (non-hydrogen) atoms. The molecule has 0 aromatic heterocycles. The van der Waals surface area contributed by atoms with Crippen LogP contribution in [0.4, 0.5) is 0 Å². The molecule has 2 N–H and O–H groups in total. The molecule has 7 heteroatoms. The van der Waals surface area contributed by atoms with Gasteiger partial charge in [-0.3, -0.25) is 9.59 Å². The van der Waals surface area contributed by atoms with Gasteiger partial charge in [-0.2, -0.15) is 0 Å². The van der Waals surface area contributed by atoms with E-state index in [1.165, 1.54) is 4.90 Å². The molecule has 2 amide bonds. The van der Waals surface area contributed by atoms with Crippen molar-refractivity contribution in [2.75, 3.05) is 13.1 Å². The van der Waals surface area contributed by atoms with Crippen molar-refractivity contribution in [3.8, 4) is 0 Å². The molecule has 1 aliphatic rings. The molecule has 1 atom stereocenters. The van der Waals surface area contributed by atoms with Crippen LogP contribution in [0.25, 0.3) is 0 Å². The summed E-state index contributed by atoms with van der Waals surface area (Å²) in [5.74, 6) is -1.46. The van der Waals surface area contributed by atoms with Gasteiger partial charge in [-0.05, 0) is 37.1 Å². The summed E-state index contributed by atoms with van der Waals surface area (Å²) in [7, 11) is 0. The number of aliphatic carboxylic acids is 1. The molecule has 0 bridgehead atoms. The molecule has 0 aliphatic carbocycles. The molecule has 1 heterocycles. The van der Waals surface area contributed by atoms with Gasteiger partial charge in [0.1, 0.15) is 6.04 Å². The summed E-state index contributed by atoms with van der Waals surface area (Å²) in [4.78, 5) is 36.3. The number of carboxylic acid groups (broad SMARTS) is 1. The third-order valence-corrected chi connectivity index (χ3v) is 4.12. The van der Waals surface area contributed by atoms with Crippen molar-refractivity contribution in [3.63, 3.8) is 0 Å². The van der Waals surface area contributed by atoms with Crippen LogP contribution < -0.4 is 5.32 Å². The minimum Gasteiger partial charge on any atom is -0.480 e. The summed E-state index contributed by atoms with van der Waals surface area (Å²) >= 11 is 3.29. The highest BCUT2D eigenvalue weighted by Gasteiger charge is 2.33. The van der Waals surface area contributed by atoms with E-state index in [0.29, 0.717) is 24.9 Å². The van der Waals surface area contributed by atoms with Gasteiger partial charge in [0.25, 0.3) is 5.91 Å². The number of hydrogen-bond donors (Lipinski definition) is 2. The summed E-state index contributed by atoms with van der Waals surface area (Å²) in [6.07, 6.45) is 1.30. The van der Waals surface area contributed by atoms with E-state index in [0.717, 1.165) is 4.47 Å². The molecular weight excluding hydrogens is 352 g/mol. The first-order chi connectivity index (χ1) is 10.5. The fraction of sp³-hybridized carbons (Fsp3) is 0.400. The Morgan fingerprint density at radius 3 is 2.59 bits per heavy atom. The monoisotopic (exact) mass is 368 g/mol. The van der Waals surface area contributed by atoms with E-state index >= 15 is 0 Å². The van der Waals surface area contributed by atoms with E-state index in [1.807, 2.05) is 0 Å². The minimum atomic E-state index is -0.968. The molecule has 1 saturated heterocycles. The lowest BCUT2D eigenvalue weighted by Crippen LogP contribution is -2.41. The molecular formula is C15H17BrN2O4. The van der Waals surface area contributed by atoms with Crippen LogP contribution in [-0.2, 0) is 9.59 Å². The molecule has 1 fully saturated rings. The number of nitrogens with one attached hydrogen (secondary N) is 1. The molecule has 1 aromatic rings. The van der Waals surface area contributed by atoms with Crippen molar-refractivity contribution in [2.24, 2.45) is 0 Å². The van der Waals surface area contributed by atoms with Crippen LogP contribution in [-0.4, -0.2) is 46.9 Å². The smallest absolute Gasteiger partial charge is 0.326 e. The number of benzene rings is 1. The predicted molar refractivity (Wildman–Crippen MR) is 83.5 cm³/mol. The molecule has 2 rings (SSSR count). The number of rotatable bonds is 5. The molecule has 1 aromatic carbocycles. The van der Waals surface area contributed by atoms with Crippen LogP contribution in [0.5, 0.6) is 0 Å². The average molecular weight is 369 g/mol. The Morgan fingerprint density at radius 2 is 1.95 bits per heavy atom. The van der Waals surface area contributed by atoms with Crippen molar-refractivity contribution >= 4 is 33.7 Å². The Morgan fingerprint density at radius 1 is 1.27 bits per heavy atom. The van der Waals surface area contributed by atoms with Crippen molar-refractivity contribution < 1.29 is 19.5 Å². The summed E-state index contributed by atoms with van der Waals surface area (Å²) in [6.45, 7) is 0.660. The minimum absolute atomic E-state index is 0.103. The summed E-state index contributed by atoms with van der Waals surface area (Å²) in [5, 5.41) is 11.7. The van der Waals surface area contributed by atoms with E-state index in [-0.39, 0.29) is 24.8 Å². The number of carboxylic acids is 1. The van der Waals surface area contributed by atoms with Gasteiger partial charge in [0.05, 0.1) is 0 Å². The van der Waals surface area contributed by atoms with Crippen molar-refractivity contribution in [1.29, 1.82) is 0 Å². The Balaban J connectivity index is 1.80. The number of nitrogens with zero attached hydrogens (tertiary/aromatic N) is 1. The van der Waals surface area contributed by atoms with Crippen molar-refractivity contribution in [1.82, 2.24) is 10.2 Å². The molecule has 0 radical (unpaired) electrons. The lowest BCUT2D eigenvalue weighted by atomic mass is 10.2. The lowest BCUT2D eigenvalue weighted by Gasteiger charge is -2.21. The van der Waals surface area contributed by atoms with Crippen LogP contribution in [0.2, 0.25) is 0 Å². The Kier molecular flexibility index (Phi) is 5.54. The zero-order valence-electron chi connectivity index (χ0n) is 11.9. The standard InChI is InChI=1S/C15H17BrN2O4/c16-11-5-3-10(4-6-11)14(20)17-8-7-13(19)18-9-1-2-12(18)15(21)22/h3-6,12H,1-2,7-9H2,(H,17,20)(H,21,22)/t12-/m0/s1. The van der Waals surface area contributed by atoms with Gasteiger partial charge >= 0.3 is 5.97 Å². The van der Waals surface area contributed by atoms with Crippen LogP contribution in [0.1, 0.15) is 29.6 Å². The third-order valence-electron chi connectivity index (χ3n) is 3.59. The van der Waals surface area contributed by atoms with Crippen LogP contribution in [0, 0.1) is 0 Å². The fourth-order valence-corrected chi connectivity index (χ4v) is 2.72. The fourth-order valence-electron chi connectivity index (χ4n) is 2.45. The van der Waals surface area contributed by atoms with E-state index in [9.17, 15) is 14.4 Å². The maximum absolute atomic E-state index is 12.0. The topological polar surface area (TPSA) is 86.7 Å². The molecule has 1 aliphatic heterocycles. The maximum atomic E-state index is 12.0. The third kappa shape index (κ3) is 4.07. The van der Waals surface area contributed by atoms with Crippen LogP contribution in [0.3, 0.4) is 0 Å². The van der Waals surface area contributed by atoms with Gasteiger partial charge in [-0.25, -0.2) is 4.79 Å². The molecule has 0 unspecified atom stereocenters. The molecule has 0 saturated carbocycles. The number of hydrogen-bond acceptors (Lipinski definition) is 3. The Labute approximate surface area is 136 Å². The normalized spacial score (nSPS) is 17.3. The van der Waals surface area contributed by atoms with Gasteiger partial charge < -0.3 is 15.3 Å². The highest BCUT2D eigenvalue weighted by molar-refractivity contribution is 9.10. The molecule has 6 nitrogen and oxygen atoms in total. The van der Waals surface area contributed by atoms with Gasteiger partial charge in [-0.1, -0.05) is 15.9 Å². The maximum Gasteiger partial charge on any atom is 0.326 e. The van der Waals surface area contributed by atoms with Gasteiger partial charge in [-0.15, -0.1) is 0 Å². The number of likely N-dealkylation sites (tertiary alicyclic amines) is 1. The first kappa shape index (κ1) is 16.5. The zero-order valence-corrected chi connectivity index (χ0v) is 13.5. The predicted octanol–water partition coefficient (Wildman–Crippen LogP) is 1.64. The second kappa shape index (κ2) is 7.40. The van der Waals surface area contributed by atoms with E-state index in [2.05, 4.69) is 21.2 Å². The molecule has 0 spiro atoms. The SMILES string of the molecule is O=C(NCCC(=O)N1CCC[C@H]1C(=O)O)c1ccc(Br)cc1. The largest absolute Gasteiger partial charge is 0.480 e. The zero-order chi connectivity index (χ0) is 16.1. The number of halogens is 1. The van der Waals surface area contributed by atoms with Crippen LogP contribution in [0.15, 0.2) is 28.7 Å². The summed E-state index contributed by atoms with van der Waals surface area (Å²) in [5.41, 5.74) is 0.514. The van der Waals surface area contributed by atoms with Gasteiger partial charge in [0.2, 0.25) is 5.91 Å². The number of carbonyl (C=O) groups is 3. The highest BCUT2D eigenvalue weighted by Crippen LogP contribution is 2.18. The summed E-state index contributed by atoms with van der Waals surface area (Å²) < 4.78 is 0.882.